The average molecular weight is 234 g/mol. The van der Waals surface area contributed by atoms with E-state index in [0.29, 0.717) is 12.3 Å². The predicted molar refractivity (Wildman–Crippen MR) is 66.2 cm³/mol. The molecule has 1 atom stereocenters. The molecule has 1 aromatic rings. The Labute approximate surface area is 102 Å². The molecule has 1 N–H and O–H groups in total. The highest BCUT2D eigenvalue weighted by atomic mass is 16.5. The van der Waals surface area contributed by atoms with Gasteiger partial charge in [0.2, 0.25) is 0 Å². The smallest absolute Gasteiger partial charge is 0.161 e. The molecule has 4 nitrogen and oxygen atoms in total. The number of rotatable bonds is 5. The Morgan fingerprint density at radius 2 is 1.88 bits per heavy atom. The molecule has 0 heterocycles. The van der Waals surface area contributed by atoms with Crippen LogP contribution < -0.4 is 14.8 Å². The summed E-state index contributed by atoms with van der Waals surface area (Å²) in [4.78, 5) is 0. The number of methoxy groups -OCH3 is 2. The molecule has 0 aromatic heterocycles. The van der Waals surface area contributed by atoms with Crippen LogP contribution in [-0.4, -0.2) is 20.3 Å². The number of aryl methyl sites for hydroxylation is 1. The van der Waals surface area contributed by atoms with Crippen molar-refractivity contribution in [3.8, 4) is 17.6 Å². The number of hydrogen-bond donors (Lipinski definition) is 1. The summed E-state index contributed by atoms with van der Waals surface area (Å²) in [6, 6.07) is 5.85. The predicted octanol–water partition coefficient (Wildman–Crippen LogP) is 2.01. The largest absolute Gasteiger partial charge is 0.493 e. The summed E-state index contributed by atoms with van der Waals surface area (Å²) in [5.74, 6) is 1.43. The van der Waals surface area contributed by atoms with Crippen LogP contribution in [0.25, 0.3) is 0 Å². The number of benzene rings is 1. The quantitative estimate of drug-likeness (QED) is 0.846. The van der Waals surface area contributed by atoms with E-state index in [4.69, 9.17) is 14.7 Å². The van der Waals surface area contributed by atoms with Gasteiger partial charge in [0.05, 0.1) is 26.3 Å². The van der Waals surface area contributed by atoms with Crippen LogP contribution in [0, 0.1) is 18.3 Å². The summed E-state index contributed by atoms with van der Waals surface area (Å²) >= 11 is 0. The lowest BCUT2D eigenvalue weighted by molar-refractivity contribution is 0.354. The van der Waals surface area contributed by atoms with Crippen molar-refractivity contribution in [3.63, 3.8) is 0 Å². The van der Waals surface area contributed by atoms with Crippen molar-refractivity contribution < 1.29 is 9.47 Å². The molecule has 0 fully saturated rings. The van der Waals surface area contributed by atoms with Gasteiger partial charge in [-0.15, -0.1) is 0 Å². The van der Waals surface area contributed by atoms with E-state index in [-0.39, 0.29) is 6.04 Å². The third-order valence-electron chi connectivity index (χ3n) is 2.63. The molecule has 4 heteroatoms. The zero-order chi connectivity index (χ0) is 12.8. The fourth-order valence-corrected chi connectivity index (χ4v) is 1.52. The molecule has 0 bridgehead atoms. The Hall–Kier alpha value is -1.73. The van der Waals surface area contributed by atoms with Crippen molar-refractivity contribution in [1.29, 1.82) is 5.26 Å². The summed E-state index contributed by atoms with van der Waals surface area (Å²) in [7, 11) is 3.23. The molecule has 0 aliphatic heterocycles. The maximum Gasteiger partial charge on any atom is 0.161 e. The van der Waals surface area contributed by atoms with Gasteiger partial charge in [0.15, 0.2) is 11.5 Å². The zero-order valence-corrected chi connectivity index (χ0v) is 10.7. The van der Waals surface area contributed by atoms with Crippen LogP contribution in [-0.2, 0) is 6.54 Å². The lowest BCUT2D eigenvalue weighted by atomic mass is 10.1. The molecule has 0 radical (unpaired) electrons. The van der Waals surface area contributed by atoms with Crippen molar-refractivity contribution in [2.45, 2.75) is 26.4 Å². The summed E-state index contributed by atoms with van der Waals surface area (Å²) in [5, 5.41) is 11.8. The SMILES string of the molecule is COc1cc(C)c(CNC(C)C#N)cc1OC. The minimum Gasteiger partial charge on any atom is -0.493 e. The van der Waals surface area contributed by atoms with Gasteiger partial charge in [0, 0.05) is 6.54 Å². The van der Waals surface area contributed by atoms with Gasteiger partial charge in [-0.1, -0.05) is 0 Å². The first-order chi connectivity index (χ1) is 8.12. The minimum absolute atomic E-state index is 0.164. The van der Waals surface area contributed by atoms with Gasteiger partial charge in [-0.2, -0.15) is 5.26 Å². The molecule has 0 saturated heterocycles. The summed E-state index contributed by atoms with van der Waals surface area (Å²) in [5.41, 5.74) is 2.21. The van der Waals surface area contributed by atoms with Crippen LogP contribution >= 0.6 is 0 Å². The molecule has 1 aromatic carbocycles. The van der Waals surface area contributed by atoms with Gasteiger partial charge in [0.1, 0.15) is 0 Å². The van der Waals surface area contributed by atoms with Crippen LogP contribution in [0.3, 0.4) is 0 Å². The average Bonchev–Trinajstić information content (AvgIpc) is 2.36. The monoisotopic (exact) mass is 234 g/mol. The van der Waals surface area contributed by atoms with Gasteiger partial charge in [-0.25, -0.2) is 0 Å². The topological polar surface area (TPSA) is 54.3 Å². The van der Waals surface area contributed by atoms with E-state index in [1.807, 2.05) is 26.0 Å². The molecule has 0 aliphatic rings. The number of ether oxygens (including phenoxy) is 2. The third kappa shape index (κ3) is 3.36. The van der Waals surface area contributed by atoms with Crippen molar-refractivity contribution >= 4 is 0 Å². The Balaban J connectivity index is 2.90. The Kier molecular flexibility index (Phi) is 4.80. The molecule has 0 saturated carbocycles. The van der Waals surface area contributed by atoms with E-state index < -0.39 is 0 Å². The van der Waals surface area contributed by atoms with E-state index in [0.717, 1.165) is 16.9 Å². The van der Waals surface area contributed by atoms with Crippen LogP contribution in [0.1, 0.15) is 18.1 Å². The second-order valence-corrected chi connectivity index (χ2v) is 3.87. The lowest BCUT2D eigenvalue weighted by Gasteiger charge is -2.13. The Morgan fingerprint density at radius 1 is 1.29 bits per heavy atom. The van der Waals surface area contributed by atoms with Crippen molar-refractivity contribution in [2.75, 3.05) is 14.2 Å². The van der Waals surface area contributed by atoms with Crippen LogP contribution in [0.4, 0.5) is 0 Å². The second kappa shape index (κ2) is 6.12. The van der Waals surface area contributed by atoms with Gasteiger partial charge < -0.3 is 9.47 Å². The summed E-state index contributed by atoms with van der Waals surface area (Å²) < 4.78 is 10.5. The molecule has 0 spiro atoms. The molecule has 1 rings (SSSR count). The van der Waals surface area contributed by atoms with E-state index in [1.54, 1.807) is 14.2 Å². The van der Waals surface area contributed by atoms with E-state index in [9.17, 15) is 0 Å². The van der Waals surface area contributed by atoms with Gasteiger partial charge in [-0.05, 0) is 37.1 Å². The molecule has 17 heavy (non-hydrogen) atoms. The number of nitriles is 1. The molecule has 1 unspecified atom stereocenters. The van der Waals surface area contributed by atoms with E-state index in [1.165, 1.54) is 0 Å². The highest BCUT2D eigenvalue weighted by Crippen LogP contribution is 2.30. The van der Waals surface area contributed by atoms with E-state index in [2.05, 4.69) is 11.4 Å². The lowest BCUT2D eigenvalue weighted by Crippen LogP contribution is -2.23. The first-order valence-electron chi connectivity index (χ1n) is 5.46. The van der Waals surface area contributed by atoms with Gasteiger partial charge in [-0.3, -0.25) is 5.32 Å². The zero-order valence-electron chi connectivity index (χ0n) is 10.7. The highest BCUT2D eigenvalue weighted by Gasteiger charge is 2.09. The number of nitrogens with zero attached hydrogens (tertiary/aromatic N) is 1. The molecular formula is C13H18N2O2. The fourth-order valence-electron chi connectivity index (χ4n) is 1.52. The number of nitrogens with one attached hydrogen (secondary N) is 1. The third-order valence-corrected chi connectivity index (χ3v) is 2.63. The van der Waals surface area contributed by atoms with Crippen LogP contribution in [0.15, 0.2) is 12.1 Å². The Morgan fingerprint density at radius 3 is 2.41 bits per heavy atom. The summed E-state index contributed by atoms with van der Waals surface area (Å²) in [6.45, 7) is 4.48. The first kappa shape index (κ1) is 13.3. The van der Waals surface area contributed by atoms with Crippen molar-refractivity contribution in [3.05, 3.63) is 23.3 Å². The number of hydrogen-bond acceptors (Lipinski definition) is 4. The van der Waals surface area contributed by atoms with Crippen molar-refractivity contribution in [1.82, 2.24) is 5.32 Å². The molecular weight excluding hydrogens is 216 g/mol. The minimum atomic E-state index is -0.164. The molecule has 0 aliphatic carbocycles. The maximum absolute atomic E-state index is 8.71. The normalized spacial score (nSPS) is 11.7. The van der Waals surface area contributed by atoms with E-state index >= 15 is 0 Å². The van der Waals surface area contributed by atoms with Crippen LogP contribution in [0.2, 0.25) is 0 Å². The molecule has 0 amide bonds. The van der Waals surface area contributed by atoms with Gasteiger partial charge >= 0.3 is 0 Å². The Bertz CT molecular complexity index is 424. The standard InChI is InChI=1S/C13H18N2O2/c1-9-5-12(16-3)13(17-4)6-11(9)8-15-10(2)7-14/h5-6,10,15H,8H2,1-4H3. The first-order valence-corrected chi connectivity index (χ1v) is 5.46. The van der Waals surface area contributed by atoms with Crippen LogP contribution in [0.5, 0.6) is 11.5 Å². The fraction of sp³-hybridized carbons (Fsp3) is 0.462. The van der Waals surface area contributed by atoms with Gasteiger partial charge in [0.25, 0.3) is 0 Å². The second-order valence-electron chi connectivity index (χ2n) is 3.87. The summed E-state index contributed by atoms with van der Waals surface area (Å²) in [6.07, 6.45) is 0. The highest BCUT2D eigenvalue weighted by molar-refractivity contribution is 5.47. The van der Waals surface area contributed by atoms with Crippen molar-refractivity contribution in [2.24, 2.45) is 0 Å². The molecule has 92 valence electrons. The maximum atomic E-state index is 8.71.